The standard InChI is InChI=1S/C22H24N3O.BrH/c1-3-7-19(8-4-1)11-12-25-18-21(20-9-5-2-6-10-20)17-22(23-25)24-13-15-26-16-14-24;/h1-10,17-18H,11-16H2;1H/q+1;/p-1. The van der Waals surface area contributed by atoms with Crippen LogP contribution in [0.3, 0.4) is 0 Å². The van der Waals surface area contributed by atoms with Crippen LogP contribution in [-0.4, -0.2) is 31.4 Å². The number of morpholine rings is 1. The van der Waals surface area contributed by atoms with Gasteiger partial charge >= 0.3 is 0 Å². The van der Waals surface area contributed by atoms with Crippen LogP contribution in [0, 0.1) is 0 Å². The second-order valence-corrected chi connectivity index (χ2v) is 6.55. The summed E-state index contributed by atoms with van der Waals surface area (Å²) in [6, 6.07) is 23.3. The van der Waals surface area contributed by atoms with Gasteiger partial charge < -0.3 is 26.6 Å². The predicted molar refractivity (Wildman–Crippen MR) is 103 cm³/mol. The van der Waals surface area contributed by atoms with Crippen molar-refractivity contribution >= 4 is 5.82 Å². The highest BCUT2D eigenvalue weighted by Gasteiger charge is 2.18. The van der Waals surface area contributed by atoms with E-state index < -0.39 is 0 Å². The molecule has 2 aromatic carbocycles. The molecule has 1 fully saturated rings. The van der Waals surface area contributed by atoms with Crippen molar-refractivity contribution in [2.75, 3.05) is 31.2 Å². The Kier molecular flexibility index (Phi) is 6.96. The van der Waals surface area contributed by atoms with E-state index in [0.717, 1.165) is 45.1 Å². The Hall–Kier alpha value is -2.24. The SMILES string of the molecule is [Br-].c1ccc(CC[n+]2cc(-c3ccccc3)cc(N3CCOCC3)n2)cc1. The number of aromatic nitrogens is 2. The molecule has 140 valence electrons. The quantitative estimate of drug-likeness (QED) is 0.543. The third kappa shape index (κ3) is 5.15. The summed E-state index contributed by atoms with van der Waals surface area (Å²) >= 11 is 0. The van der Waals surface area contributed by atoms with Crippen molar-refractivity contribution in [3.05, 3.63) is 78.5 Å². The lowest BCUT2D eigenvalue weighted by molar-refractivity contribution is -0.752. The van der Waals surface area contributed by atoms with Gasteiger partial charge in [-0.05, 0) is 11.1 Å². The Morgan fingerprint density at radius 2 is 1.56 bits per heavy atom. The molecule has 4 rings (SSSR count). The van der Waals surface area contributed by atoms with Crippen LogP contribution >= 0.6 is 0 Å². The first-order valence-corrected chi connectivity index (χ1v) is 9.22. The average molecular weight is 426 g/mol. The maximum atomic E-state index is 5.50. The van der Waals surface area contributed by atoms with Crippen molar-refractivity contribution in [1.29, 1.82) is 0 Å². The van der Waals surface area contributed by atoms with Gasteiger partial charge in [-0.3, -0.25) is 0 Å². The molecule has 0 N–H and O–H groups in total. The lowest BCUT2D eigenvalue weighted by Gasteiger charge is -2.26. The molecule has 1 aliphatic rings. The summed E-state index contributed by atoms with van der Waals surface area (Å²) in [5.74, 6) is 1.03. The van der Waals surface area contributed by atoms with E-state index in [9.17, 15) is 0 Å². The van der Waals surface area contributed by atoms with Crippen molar-refractivity contribution in [3.8, 4) is 11.1 Å². The molecule has 0 saturated carbocycles. The normalized spacial score (nSPS) is 13.9. The molecular weight excluding hydrogens is 402 g/mol. The number of nitrogens with zero attached hydrogens (tertiary/aromatic N) is 3. The van der Waals surface area contributed by atoms with E-state index in [1.54, 1.807) is 0 Å². The smallest absolute Gasteiger partial charge is 0.204 e. The molecule has 0 aliphatic carbocycles. The number of hydrogen-bond donors (Lipinski definition) is 0. The topological polar surface area (TPSA) is 29.2 Å². The van der Waals surface area contributed by atoms with Crippen LogP contribution in [0.5, 0.6) is 0 Å². The molecule has 2 heterocycles. The molecule has 0 bridgehead atoms. The molecule has 5 heteroatoms. The second kappa shape index (κ2) is 9.62. The molecule has 0 unspecified atom stereocenters. The summed E-state index contributed by atoms with van der Waals surface area (Å²) in [5, 5.41) is 4.88. The summed E-state index contributed by atoms with van der Waals surface area (Å²) in [6.45, 7) is 4.18. The van der Waals surface area contributed by atoms with Crippen LogP contribution in [0.1, 0.15) is 5.56 Å². The lowest BCUT2D eigenvalue weighted by atomic mass is 10.1. The van der Waals surface area contributed by atoms with E-state index in [2.05, 4.69) is 82.5 Å². The maximum absolute atomic E-state index is 5.50. The monoisotopic (exact) mass is 425 g/mol. The van der Waals surface area contributed by atoms with Gasteiger partial charge in [0.25, 0.3) is 0 Å². The van der Waals surface area contributed by atoms with Crippen molar-refractivity contribution in [2.24, 2.45) is 0 Å². The minimum atomic E-state index is 0. The molecule has 0 atom stereocenters. The zero-order valence-corrected chi connectivity index (χ0v) is 16.9. The molecule has 4 nitrogen and oxygen atoms in total. The zero-order chi connectivity index (χ0) is 17.6. The number of anilines is 1. The molecule has 27 heavy (non-hydrogen) atoms. The fraction of sp³-hybridized carbons (Fsp3) is 0.273. The highest BCUT2D eigenvalue weighted by molar-refractivity contribution is 5.64. The van der Waals surface area contributed by atoms with Crippen LogP contribution in [-0.2, 0) is 17.7 Å². The van der Waals surface area contributed by atoms with Crippen LogP contribution in [0.25, 0.3) is 11.1 Å². The van der Waals surface area contributed by atoms with Crippen molar-refractivity contribution in [1.82, 2.24) is 5.10 Å². The van der Waals surface area contributed by atoms with Crippen LogP contribution in [0.15, 0.2) is 72.9 Å². The van der Waals surface area contributed by atoms with Gasteiger partial charge in [-0.2, -0.15) is 0 Å². The van der Waals surface area contributed by atoms with Gasteiger partial charge in [0.2, 0.25) is 6.20 Å². The number of aryl methyl sites for hydroxylation is 2. The van der Waals surface area contributed by atoms with Crippen LogP contribution < -0.4 is 26.6 Å². The van der Waals surface area contributed by atoms with E-state index >= 15 is 0 Å². The molecule has 1 aromatic heterocycles. The first-order chi connectivity index (χ1) is 12.9. The van der Waals surface area contributed by atoms with E-state index in [1.165, 1.54) is 16.7 Å². The van der Waals surface area contributed by atoms with Crippen molar-refractivity contribution in [2.45, 2.75) is 13.0 Å². The maximum Gasteiger partial charge on any atom is 0.204 e. The number of rotatable bonds is 5. The van der Waals surface area contributed by atoms with Gasteiger partial charge in [-0.25, -0.2) is 0 Å². The second-order valence-electron chi connectivity index (χ2n) is 6.55. The third-order valence-electron chi connectivity index (χ3n) is 4.72. The Labute approximate surface area is 171 Å². The summed E-state index contributed by atoms with van der Waals surface area (Å²) in [7, 11) is 0. The Morgan fingerprint density at radius 3 is 2.26 bits per heavy atom. The Morgan fingerprint density at radius 1 is 0.889 bits per heavy atom. The van der Waals surface area contributed by atoms with E-state index in [4.69, 9.17) is 9.84 Å². The van der Waals surface area contributed by atoms with Gasteiger partial charge in [-0.15, -0.1) is 0 Å². The summed E-state index contributed by atoms with van der Waals surface area (Å²) in [5.41, 5.74) is 3.76. The molecule has 1 aliphatic heterocycles. The molecule has 0 radical (unpaired) electrons. The highest BCUT2D eigenvalue weighted by atomic mass is 79.9. The van der Waals surface area contributed by atoms with Crippen LogP contribution in [0.4, 0.5) is 5.82 Å². The Bertz CT molecular complexity index is 837. The number of benzene rings is 2. The van der Waals surface area contributed by atoms with Gasteiger partial charge in [0.1, 0.15) is 0 Å². The fourth-order valence-electron chi connectivity index (χ4n) is 3.26. The molecule has 3 aromatic rings. The molecule has 0 amide bonds. The highest BCUT2D eigenvalue weighted by Crippen LogP contribution is 2.21. The minimum Gasteiger partial charge on any atom is -1.00 e. The predicted octanol–water partition coefficient (Wildman–Crippen LogP) is 0.119. The molecule has 1 saturated heterocycles. The van der Waals surface area contributed by atoms with Crippen LogP contribution in [0.2, 0.25) is 0 Å². The summed E-state index contributed by atoms with van der Waals surface area (Å²) < 4.78 is 7.58. The number of hydrogen-bond acceptors (Lipinski definition) is 3. The first kappa shape index (κ1) is 19.5. The average Bonchev–Trinajstić information content (AvgIpc) is 2.74. The van der Waals surface area contributed by atoms with E-state index in [1.807, 2.05) is 0 Å². The number of ether oxygens (including phenoxy) is 1. The third-order valence-corrected chi connectivity index (χ3v) is 4.72. The largest absolute Gasteiger partial charge is 1.00 e. The van der Waals surface area contributed by atoms with Gasteiger partial charge in [-0.1, -0.05) is 65.3 Å². The summed E-state index contributed by atoms with van der Waals surface area (Å²) in [4.78, 5) is 2.31. The fourth-order valence-corrected chi connectivity index (χ4v) is 3.26. The molecular formula is C22H24BrN3O. The van der Waals surface area contributed by atoms with E-state index in [-0.39, 0.29) is 17.0 Å². The Balaban J connectivity index is 0.00000210. The summed E-state index contributed by atoms with van der Waals surface area (Å²) in [6.07, 6.45) is 3.13. The minimum absolute atomic E-state index is 0. The van der Waals surface area contributed by atoms with E-state index in [0.29, 0.717) is 0 Å². The first-order valence-electron chi connectivity index (χ1n) is 9.22. The molecule has 0 spiro atoms. The number of halogens is 1. The lowest BCUT2D eigenvalue weighted by Crippen LogP contribution is -3.00. The van der Waals surface area contributed by atoms with Crippen molar-refractivity contribution < 1.29 is 26.4 Å². The van der Waals surface area contributed by atoms with Gasteiger partial charge in [0.05, 0.1) is 18.8 Å². The van der Waals surface area contributed by atoms with Gasteiger partial charge in [0.15, 0.2) is 12.4 Å². The zero-order valence-electron chi connectivity index (χ0n) is 15.3. The van der Waals surface area contributed by atoms with Gasteiger partial charge in [0, 0.05) is 30.7 Å². The van der Waals surface area contributed by atoms with Crippen molar-refractivity contribution in [3.63, 3.8) is 0 Å².